The third-order valence-electron chi connectivity index (χ3n) is 3.55. The van der Waals surface area contributed by atoms with Crippen LogP contribution in [0.2, 0.25) is 10.0 Å². The number of hydrazone groups is 1. The molecule has 2 amide bonds. The van der Waals surface area contributed by atoms with Gasteiger partial charge in [-0.2, -0.15) is 5.10 Å². The molecule has 0 heterocycles. The monoisotopic (exact) mass is 513 g/mol. The van der Waals surface area contributed by atoms with Gasteiger partial charge in [-0.15, -0.1) is 0 Å². The van der Waals surface area contributed by atoms with Crippen LogP contribution >= 0.6 is 39.1 Å². The fourth-order valence-corrected chi connectivity index (χ4v) is 3.18. The predicted octanol–water partition coefficient (Wildman–Crippen LogP) is 4.81. The van der Waals surface area contributed by atoms with Gasteiger partial charge in [-0.1, -0.05) is 41.9 Å². The Balaban J connectivity index is 1.95. The van der Waals surface area contributed by atoms with Gasteiger partial charge >= 0.3 is 0 Å². The summed E-state index contributed by atoms with van der Waals surface area (Å²) in [5.74, 6) is -0.148. The molecule has 0 atom stereocenters. The molecule has 2 N–H and O–H groups in total. The highest BCUT2D eigenvalue weighted by Crippen LogP contribution is 2.36. The summed E-state index contributed by atoms with van der Waals surface area (Å²) < 4.78 is 11.5. The smallest absolute Gasteiger partial charge is 0.249 e. The maximum Gasteiger partial charge on any atom is 0.249 e. The number of carbonyl (C=O) groups excluding carboxylic acids is 2. The third kappa shape index (κ3) is 6.76. The highest BCUT2D eigenvalue weighted by molar-refractivity contribution is 9.10. The van der Waals surface area contributed by atoms with E-state index in [0.717, 1.165) is 0 Å². The number of carbonyl (C=O) groups is 2. The second-order valence-electron chi connectivity index (χ2n) is 5.75. The number of hydrogen-bond acceptors (Lipinski definition) is 5. The van der Waals surface area contributed by atoms with Crippen molar-refractivity contribution in [3.05, 3.63) is 63.1 Å². The molecule has 2 aromatic carbocycles. The number of nitrogens with zero attached hydrogens (tertiary/aromatic N) is 1. The number of ether oxygens (including phenoxy) is 2. The summed E-state index contributed by atoms with van der Waals surface area (Å²) in [5.41, 5.74) is 3.25. The first kappa shape index (κ1) is 23.7. The van der Waals surface area contributed by atoms with Gasteiger partial charge in [-0.25, -0.2) is 5.43 Å². The normalized spacial score (nSPS) is 10.5. The van der Waals surface area contributed by atoms with E-state index in [0.29, 0.717) is 38.9 Å². The lowest BCUT2D eigenvalue weighted by Gasteiger charge is -2.12. The zero-order valence-electron chi connectivity index (χ0n) is 15.9. The van der Waals surface area contributed by atoms with E-state index in [4.69, 9.17) is 32.7 Å². The van der Waals surface area contributed by atoms with Crippen molar-refractivity contribution in [2.45, 2.75) is 6.42 Å². The first-order chi connectivity index (χ1) is 14.3. The van der Waals surface area contributed by atoms with Crippen LogP contribution in [-0.2, 0) is 9.59 Å². The zero-order valence-corrected chi connectivity index (χ0v) is 19.0. The van der Waals surface area contributed by atoms with Gasteiger partial charge in [0.1, 0.15) is 13.0 Å². The van der Waals surface area contributed by atoms with Crippen LogP contribution in [0, 0.1) is 0 Å². The molecule has 2 rings (SSSR count). The molecular formula is C20H18BrCl2N3O4. The minimum absolute atomic E-state index is 0.200. The van der Waals surface area contributed by atoms with Crippen molar-refractivity contribution in [1.82, 2.24) is 5.43 Å². The molecular weight excluding hydrogens is 497 g/mol. The molecule has 0 saturated heterocycles. The quantitative estimate of drug-likeness (QED) is 0.217. The van der Waals surface area contributed by atoms with Crippen molar-refractivity contribution >= 4 is 62.8 Å². The van der Waals surface area contributed by atoms with Crippen LogP contribution in [0.25, 0.3) is 0 Å². The second-order valence-corrected chi connectivity index (χ2v) is 7.39. The number of amides is 2. The molecule has 10 heteroatoms. The Morgan fingerprint density at radius 3 is 2.73 bits per heavy atom. The van der Waals surface area contributed by atoms with E-state index in [1.165, 1.54) is 13.3 Å². The fraction of sp³-hybridized carbons (Fsp3) is 0.150. The Labute approximate surface area is 192 Å². The molecule has 0 spiro atoms. The van der Waals surface area contributed by atoms with Crippen molar-refractivity contribution in [1.29, 1.82) is 0 Å². The third-order valence-corrected chi connectivity index (χ3v) is 4.95. The van der Waals surface area contributed by atoms with Gasteiger partial charge < -0.3 is 14.8 Å². The Hall–Kier alpha value is -2.55. The minimum Gasteiger partial charge on any atom is -0.493 e. The highest BCUT2D eigenvalue weighted by atomic mass is 79.9. The molecule has 0 unspecified atom stereocenters. The summed E-state index contributed by atoms with van der Waals surface area (Å²) in [6, 6.07) is 8.23. The summed E-state index contributed by atoms with van der Waals surface area (Å²) in [7, 11) is 1.51. The van der Waals surface area contributed by atoms with E-state index in [2.05, 4.69) is 38.4 Å². The number of nitrogens with one attached hydrogen (secondary N) is 2. The van der Waals surface area contributed by atoms with Crippen LogP contribution in [0.3, 0.4) is 0 Å². The average Bonchev–Trinajstić information content (AvgIpc) is 2.70. The highest BCUT2D eigenvalue weighted by Gasteiger charge is 2.13. The van der Waals surface area contributed by atoms with Crippen molar-refractivity contribution < 1.29 is 19.1 Å². The van der Waals surface area contributed by atoms with E-state index >= 15 is 0 Å². The van der Waals surface area contributed by atoms with Gasteiger partial charge in [-0.05, 0) is 45.8 Å². The van der Waals surface area contributed by atoms with Crippen LogP contribution in [0.4, 0.5) is 5.69 Å². The van der Waals surface area contributed by atoms with E-state index < -0.39 is 18.2 Å². The van der Waals surface area contributed by atoms with Gasteiger partial charge in [0.2, 0.25) is 11.8 Å². The number of benzene rings is 2. The van der Waals surface area contributed by atoms with Crippen molar-refractivity contribution in [2.75, 3.05) is 19.0 Å². The number of halogens is 3. The molecule has 0 aromatic heterocycles. The van der Waals surface area contributed by atoms with E-state index in [9.17, 15) is 9.59 Å². The van der Waals surface area contributed by atoms with Crippen LogP contribution in [0.1, 0.15) is 12.0 Å². The van der Waals surface area contributed by atoms with Gasteiger partial charge in [-0.3, -0.25) is 9.59 Å². The minimum atomic E-state index is -0.598. The molecule has 0 saturated carbocycles. The molecule has 0 aliphatic heterocycles. The summed E-state index contributed by atoms with van der Waals surface area (Å²) in [6.07, 6.45) is 2.59. The van der Waals surface area contributed by atoms with Crippen LogP contribution in [0.5, 0.6) is 11.5 Å². The second kappa shape index (κ2) is 11.6. The molecule has 0 aliphatic rings. The molecule has 0 aliphatic carbocycles. The molecule has 7 nitrogen and oxygen atoms in total. The molecule has 0 bridgehead atoms. The number of anilines is 1. The SMILES string of the molecule is C=CCOc1c(Br)cc(C=NNC(=O)CC(=O)Nc2cccc(Cl)c2Cl)cc1OC. The Morgan fingerprint density at radius 2 is 2.03 bits per heavy atom. The largest absolute Gasteiger partial charge is 0.493 e. The zero-order chi connectivity index (χ0) is 22.1. The summed E-state index contributed by atoms with van der Waals surface area (Å²) in [5, 5.41) is 6.88. The molecule has 30 heavy (non-hydrogen) atoms. The van der Waals surface area contributed by atoms with Gasteiger partial charge in [0.05, 0.1) is 33.5 Å². The van der Waals surface area contributed by atoms with E-state index in [1.807, 2.05) is 0 Å². The maximum absolute atomic E-state index is 12.0. The van der Waals surface area contributed by atoms with E-state index in [-0.39, 0.29) is 5.02 Å². The molecule has 0 radical (unpaired) electrons. The fourth-order valence-electron chi connectivity index (χ4n) is 2.26. The van der Waals surface area contributed by atoms with Gasteiger partial charge in [0, 0.05) is 0 Å². The standard InChI is InChI=1S/C20H18BrCl2N3O4/c1-3-7-30-20-13(21)8-12(9-16(20)29-2)11-24-26-18(28)10-17(27)25-15-6-4-5-14(22)19(15)23/h3-6,8-9,11H,1,7,10H2,2H3,(H,25,27)(H,26,28). The topological polar surface area (TPSA) is 89.0 Å². The Kier molecular flexibility index (Phi) is 9.16. The summed E-state index contributed by atoms with van der Waals surface area (Å²) in [6.45, 7) is 3.92. The van der Waals surface area contributed by atoms with Crippen LogP contribution < -0.4 is 20.2 Å². The van der Waals surface area contributed by atoms with Crippen LogP contribution in [0.15, 0.2) is 52.6 Å². The molecule has 2 aromatic rings. The molecule has 158 valence electrons. The number of hydrogen-bond donors (Lipinski definition) is 2. The summed E-state index contributed by atoms with van der Waals surface area (Å²) in [4.78, 5) is 23.9. The van der Waals surface area contributed by atoms with Gasteiger partial charge in [0.25, 0.3) is 0 Å². The first-order valence-corrected chi connectivity index (χ1v) is 10.1. The predicted molar refractivity (Wildman–Crippen MR) is 122 cm³/mol. The molecule has 0 fully saturated rings. The lowest BCUT2D eigenvalue weighted by molar-refractivity contribution is -0.126. The van der Waals surface area contributed by atoms with Crippen molar-refractivity contribution in [2.24, 2.45) is 5.10 Å². The van der Waals surface area contributed by atoms with Crippen molar-refractivity contribution in [3.8, 4) is 11.5 Å². The van der Waals surface area contributed by atoms with Crippen molar-refractivity contribution in [3.63, 3.8) is 0 Å². The Bertz CT molecular complexity index is 983. The number of methoxy groups -OCH3 is 1. The lowest BCUT2D eigenvalue weighted by Crippen LogP contribution is -2.24. The number of rotatable bonds is 9. The van der Waals surface area contributed by atoms with E-state index in [1.54, 1.807) is 36.4 Å². The summed E-state index contributed by atoms with van der Waals surface area (Å²) >= 11 is 15.3. The average molecular weight is 515 g/mol. The first-order valence-electron chi connectivity index (χ1n) is 8.52. The Morgan fingerprint density at radius 1 is 1.27 bits per heavy atom. The van der Waals surface area contributed by atoms with Crippen LogP contribution in [-0.4, -0.2) is 31.7 Å². The lowest BCUT2D eigenvalue weighted by atomic mass is 10.2. The maximum atomic E-state index is 12.0. The van der Waals surface area contributed by atoms with Gasteiger partial charge in [0.15, 0.2) is 11.5 Å².